The van der Waals surface area contributed by atoms with Gasteiger partial charge in [0.2, 0.25) is 0 Å². The van der Waals surface area contributed by atoms with Crippen molar-refractivity contribution in [3.05, 3.63) is 47.2 Å². The number of halogens is 1. The van der Waals surface area contributed by atoms with Gasteiger partial charge in [0.1, 0.15) is 25.4 Å². The topological polar surface area (TPSA) is 34.2 Å². The Balaban J connectivity index is 1.90. The van der Waals surface area contributed by atoms with Crippen LogP contribution < -0.4 is 10.2 Å². The van der Waals surface area contributed by atoms with E-state index in [1.807, 2.05) is 36.4 Å². The smallest absolute Gasteiger partial charge is 0.158 e. The van der Waals surface area contributed by atoms with Crippen LogP contribution in [0.2, 0.25) is 5.02 Å². The first-order valence-electron chi connectivity index (χ1n) is 6.60. The van der Waals surface area contributed by atoms with E-state index >= 15 is 0 Å². The molecule has 0 spiro atoms. The zero-order chi connectivity index (χ0) is 13.7. The second kappa shape index (κ2) is 6.75. The minimum Gasteiger partial charge on any atom is -0.455 e. The average Bonchev–Trinajstić information content (AvgIpc) is 2.84. The number of furan rings is 1. The van der Waals surface area contributed by atoms with E-state index < -0.39 is 0 Å². The van der Waals surface area contributed by atoms with Crippen LogP contribution in [-0.4, -0.2) is 27.2 Å². The molecule has 1 heterocycles. The monoisotopic (exact) mass is 280 g/mol. The molecule has 0 radical (unpaired) electrons. The second-order valence-corrected chi connectivity index (χ2v) is 5.45. The van der Waals surface area contributed by atoms with Crippen molar-refractivity contribution in [2.45, 2.75) is 6.54 Å². The summed E-state index contributed by atoms with van der Waals surface area (Å²) in [5, 5.41) is 3.02. The molecule has 0 bridgehead atoms. The van der Waals surface area contributed by atoms with Gasteiger partial charge < -0.3 is 14.6 Å². The van der Waals surface area contributed by atoms with Crippen molar-refractivity contribution in [2.24, 2.45) is 0 Å². The van der Waals surface area contributed by atoms with Gasteiger partial charge in [0.05, 0.1) is 14.1 Å². The Labute approximate surface area is 119 Å². The summed E-state index contributed by atoms with van der Waals surface area (Å²) in [6, 6.07) is 11.8. The van der Waals surface area contributed by atoms with Crippen molar-refractivity contribution in [1.29, 1.82) is 0 Å². The largest absolute Gasteiger partial charge is 0.455 e. The van der Waals surface area contributed by atoms with E-state index in [2.05, 4.69) is 19.4 Å². The van der Waals surface area contributed by atoms with Crippen LogP contribution in [-0.2, 0) is 6.54 Å². The molecule has 0 atom stereocenters. The molecule has 0 aliphatic heterocycles. The molecule has 0 unspecified atom stereocenters. The van der Waals surface area contributed by atoms with Crippen LogP contribution in [0.25, 0.3) is 11.3 Å². The van der Waals surface area contributed by atoms with Gasteiger partial charge in [0.25, 0.3) is 0 Å². The van der Waals surface area contributed by atoms with E-state index in [-0.39, 0.29) is 0 Å². The SMILES string of the molecule is C[NH+](C)CC[NH2+]Cc1ccc(-c2ccc(Cl)cc2)o1. The average molecular weight is 281 g/mol. The molecule has 19 heavy (non-hydrogen) atoms. The lowest BCUT2D eigenvalue weighted by Crippen LogP contribution is -3.09. The molecule has 0 aliphatic carbocycles. The Morgan fingerprint density at radius 2 is 1.84 bits per heavy atom. The zero-order valence-corrected chi connectivity index (χ0v) is 12.2. The Morgan fingerprint density at radius 3 is 2.53 bits per heavy atom. The number of hydrogen-bond donors (Lipinski definition) is 2. The van der Waals surface area contributed by atoms with Crippen LogP contribution in [0.5, 0.6) is 0 Å². The molecule has 0 saturated heterocycles. The number of nitrogens with one attached hydrogen (secondary N) is 1. The molecule has 4 heteroatoms. The molecular weight excluding hydrogens is 260 g/mol. The minimum absolute atomic E-state index is 0.745. The van der Waals surface area contributed by atoms with Crippen LogP contribution in [0.1, 0.15) is 5.76 Å². The maximum absolute atomic E-state index is 5.88. The summed E-state index contributed by atoms with van der Waals surface area (Å²) in [5.74, 6) is 1.91. The molecule has 0 amide bonds. The number of likely N-dealkylation sites (N-methyl/N-ethyl adjacent to an activating group) is 1. The van der Waals surface area contributed by atoms with Gasteiger partial charge in [0.15, 0.2) is 5.76 Å². The molecule has 102 valence electrons. The number of hydrogen-bond acceptors (Lipinski definition) is 1. The summed E-state index contributed by atoms with van der Waals surface area (Å²) >= 11 is 5.88. The minimum atomic E-state index is 0.745. The lowest BCUT2D eigenvalue weighted by Gasteiger charge is -2.04. The van der Waals surface area contributed by atoms with Gasteiger partial charge in [-0.1, -0.05) is 11.6 Å². The summed E-state index contributed by atoms with van der Waals surface area (Å²) in [6.45, 7) is 3.16. The van der Waals surface area contributed by atoms with E-state index in [9.17, 15) is 0 Å². The van der Waals surface area contributed by atoms with Gasteiger partial charge >= 0.3 is 0 Å². The fourth-order valence-electron chi connectivity index (χ4n) is 1.89. The third-order valence-electron chi connectivity index (χ3n) is 2.98. The van der Waals surface area contributed by atoms with Gasteiger partial charge in [-0.25, -0.2) is 0 Å². The van der Waals surface area contributed by atoms with Crippen LogP contribution in [0, 0.1) is 0 Å². The van der Waals surface area contributed by atoms with Crippen LogP contribution in [0.4, 0.5) is 0 Å². The van der Waals surface area contributed by atoms with E-state index in [1.165, 1.54) is 4.90 Å². The molecule has 1 aromatic heterocycles. The molecule has 3 nitrogen and oxygen atoms in total. The maximum atomic E-state index is 5.88. The molecule has 2 aromatic rings. The summed E-state index contributed by atoms with van der Waals surface area (Å²) in [5.41, 5.74) is 1.06. The Bertz CT molecular complexity index is 505. The van der Waals surface area contributed by atoms with Crippen LogP contribution in [0.3, 0.4) is 0 Å². The number of rotatable bonds is 6. The molecule has 0 fully saturated rings. The molecular formula is C15H21ClN2O+2. The highest BCUT2D eigenvalue weighted by Gasteiger charge is 2.06. The lowest BCUT2D eigenvalue weighted by molar-refractivity contribution is -0.875. The van der Waals surface area contributed by atoms with Crippen molar-refractivity contribution in [2.75, 3.05) is 27.2 Å². The van der Waals surface area contributed by atoms with Crippen molar-refractivity contribution in [3.8, 4) is 11.3 Å². The van der Waals surface area contributed by atoms with Crippen LogP contribution in [0.15, 0.2) is 40.8 Å². The summed E-state index contributed by atoms with van der Waals surface area (Å²) < 4.78 is 5.84. The first-order valence-corrected chi connectivity index (χ1v) is 6.98. The van der Waals surface area contributed by atoms with E-state index in [1.54, 1.807) is 0 Å². The number of quaternary nitrogens is 2. The van der Waals surface area contributed by atoms with Crippen molar-refractivity contribution < 1.29 is 14.6 Å². The van der Waals surface area contributed by atoms with Gasteiger partial charge in [-0.15, -0.1) is 0 Å². The molecule has 2 rings (SSSR count). The number of nitrogens with two attached hydrogens (primary N) is 1. The molecule has 0 aliphatic rings. The first kappa shape index (κ1) is 14.1. The second-order valence-electron chi connectivity index (χ2n) is 5.01. The zero-order valence-electron chi connectivity index (χ0n) is 11.4. The molecule has 1 aromatic carbocycles. The predicted octanol–water partition coefficient (Wildman–Crippen LogP) is 0.808. The molecule has 0 saturated carbocycles. The summed E-state index contributed by atoms with van der Waals surface area (Å²) in [4.78, 5) is 1.47. The summed E-state index contributed by atoms with van der Waals surface area (Å²) in [6.07, 6.45) is 0. The first-order chi connectivity index (χ1) is 9.15. The van der Waals surface area contributed by atoms with E-state index in [0.29, 0.717) is 0 Å². The predicted molar refractivity (Wildman–Crippen MR) is 77.3 cm³/mol. The Hall–Kier alpha value is -1.29. The number of benzene rings is 1. The van der Waals surface area contributed by atoms with Gasteiger partial charge in [-0.2, -0.15) is 0 Å². The van der Waals surface area contributed by atoms with Gasteiger partial charge in [-0.05, 0) is 36.4 Å². The Morgan fingerprint density at radius 1 is 1.11 bits per heavy atom. The van der Waals surface area contributed by atoms with Crippen LogP contribution >= 0.6 is 11.6 Å². The lowest BCUT2D eigenvalue weighted by atomic mass is 10.2. The highest BCUT2D eigenvalue weighted by molar-refractivity contribution is 6.30. The van der Waals surface area contributed by atoms with Gasteiger partial charge in [-0.3, -0.25) is 0 Å². The summed E-state index contributed by atoms with van der Waals surface area (Å²) in [7, 11) is 4.33. The standard InChI is InChI=1S/C15H19ClN2O/c1-18(2)10-9-17-11-14-7-8-15(19-14)12-3-5-13(16)6-4-12/h3-8,17H,9-11H2,1-2H3/p+2. The van der Waals surface area contributed by atoms with Gasteiger partial charge in [0, 0.05) is 10.6 Å². The Kier molecular flexibility index (Phi) is 5.02. The fourth-order valence-corrected chi connectivity index (χ4v) is 2.02. The normalized spacial score (nSPS) is 11.2. The van der Waals surface area contributed by atoms with Crippen molar-refractivity contribution in [1.82, 2.24) is 0 Å². The third-order valence-corrected chi connectivity index (χ3v) is 3.24. The van der Waals surface area contributed by atoms with E-state index in [0.717, 1.165) is 41.7 Å². The molecule has 3 N–H and O–H groups in total. The van der Waals surface area contributed by atoms with E-state index in [4.69, 9.17) is 16.0 Å². The quantitative estimate of drug-likeness (QED) is 0.755. The third kappa shape index (κ3) is 4.39. The highest BCUT2D eigenvalue weighted by Crippen LogP contribution is 2.23. The van der Waals surface area contributed by atoms with Crippen molar-refractivity contribution in [3.63, 3.8) is 0 Å². The highest BCUT2D eigenvalue weighted by atomic mass is 35.5. The maximum Gasteiger partial charge on any atom is 0.158 e. The van der Waals surface area contributed by atoms with Crippen molar-refractivity contribution >= 4 is 11.6 Å². The fraction of sp³-hybridized carbons (Fsp3) is 0.333.